The third-order valence-electron chi connectivity index (χ3n) is 16.0. The molecule has 1 aliphatic heterocycles. The SMILES string of the molecule is COc1ccc(C(=O)CNC2CCCC2C(=O)NCC(CCCCN)C(=O)NC2CCCC2C(=O)NC2CNCC2C(=O)NC2CCCC2C(=O)NCC(CCCCN)C(=O)NC2CCCC2C(N)=O)cc1. The number of benzene rings is 1. The van der Waals surface area contributed by atoms with E-state index in [2.05, 4.69) is 42.5 Å². The van der Waals surface area contributed by atoms with E-state index in [1.807, 2.05) is 0 Å². The minimum absolute atomic E-state index is 0.0793. The molecule has 12 unspecified atom stereocenters. The summed E-state index contributed by atoms with van der Waals surface area (Å²) >= 11 is 0. The zero-order valence-corrected chi connectivity index (χ0v) is 42.3. The number of ether oxygens (including phenoxy) is 1. The second-order valence-electron chi connectivity index (χ2n) is 20.9. The average molecular weight is 1010 g/mol. The van der Waals surface area contributed by atoms with Crippen LogP contribution in [0.3, 0.4) is 0 Å². The van der Waals surface area contributed by atoms with Gasteiger partial charge in [-0.25, -0.2) is 0 Å². The van der Waals surface area contributed by atoms with Crippen molar-refractivity contribution >= 4 is 47.1 Å². The molecule has 5 fully saturated rings. The Morgan fingerprint density at radius 3 is 1.54 bits per heavy atom. The minimum atomic E-state index is -0.581. The fraction of sp³-hybridized carbons (Fsp3) is 0.731. The normalized spacial score (nSPS) is 27.6. The Balaban J connectivity index is 0.972. The molecule has 1 aromatic rings. The number of amides is 7. The zero-order valence-electron chi connectivity index (χ0n) is 42.3. The zero-order chi connectivity index (χ0) is 51.6. The topological polar surface area (TPSA) is 320 Å². The Hall–Kier alpha value is -5.18. The van der Waals surface area contributed by atoms with Gasteiger partial charge in [0, 0.05) is 55.9 Å². The molecule has 4 saturated carbocycles. The molecule has 20 heteroatoms. The van der Waals surface area contributed by atoms with Gasteiger partial charge in [0.25, 0.3) is 0 Å². The van der Waals surface area contributed by atoms with E-state index in [0.29, 0.717) is 108 Å². The summed E-state index contributed by atoms with van der Waals surface area (Å²) in [6, 6.07) is 5.09. The molecule has 12 atom stereocenters. The van der Waals surface area contributed by atoms with Crippen LogP contribution in [0.5, 0.6) is 5.75 Å². The van der Waals surface area contributed by atoms with Crippen molar-refractivity contribution in [3.8, 4) is 5.75 Å². The molecule has 7 amide bonds. The van der Waals surface area contributed by atoms with Gasteiger partial charge in [0.1, 0.15) is 5.75 Å². The third-order valence-corrected chi connectivity index (χ3v) is 16.0. The highest BCUT2D eigenvalue weighted by Gasteiger charge is 2.43. The number of carbonyl (C=O) groups is 8. The molecule has 6 rings (SSSR count). The second-order valence-corrected chi connectivity index (χ2v) is 20.9. The van der Waals surface area contributed by atoms with Gasteiger partial charge in [-0.05, 0) is 114 Å². The lowest BCUT2D eigenvalue weighted by atomic mass is 9.95. The van der Waals surface area contributed by atoms with E-state index < -0.39 is 59.5 Å². The molecule has 5 aliphatic rings. The quantitative estimate of drug-likeness (QED) is 0.0401. The monoisotopic (exact) mass is 1010 g/mol. The summed E-state index contributed by atoms with van der Waals surface area (Å²) < 4.78 is 5.19. The van der Waals surface area contributed by atoms with Gasteiger partial charge < -0.3 is 64.5 Å². The molecule has 4 aliphatic carbocycles. The summed E-state index contributed by atoms with van der Waals surface area (Å²) in [5.74, 6) is -4.55. The Bertz CT molecular complexity index is 2010. The van der Waals surface area contributed by atoms with Crippen LogP contribution in [0.15, 0.2) is 24.3 Å². The lowest BCUT2D eigenvalue weighted by Gasteiger charge is -2.28. The van der Waals surface area contributed by atoms with Gasteiger partial charge >= 0.3 is 0 Å². The lowest BCUT2D eigenvalue weighted by Crippen LogP contribution is -2.53. The van der Waals surface area contributed by atoms with Crippen LogP contribution in [0.25, 0.3) is 0 Å². The van der Waals surface area contributed by atoms with Gasteiger partial charge in [0.15, 0.2) is 5.78 Å². The molecule has 0 radical (unpaired) electrons. The van der Waals surface area contributed by atoms with Crippen molar-refractivity contribution in [3.05, 3.63) is 29.8 Å². The number of ketones is 1. The van der Waals surface area contributed by atoms with Crippen molar-refractivity contribution in [2.45, 2.75) is 146 Å². The Morgan fingerprint density at radius 1 is 0.556 bits per heavy atom. The van der Waals surface area contributed by atoms with Crippen molar-refractivity contribution in [3.63, 3.8) is 0 Å². The highest BCUT2D eigenvalue weighted by Crippen LogP contribution is 2.31. The Kier molecular flexibility index (Phi) is 22.1. The fourth-order valence-electron chi connectivity index (χ4n) is 11.7. The van der Waals surface area contributed by atoms with Gasteiger partial charge in [-0.3, -0.25) is 38.4 Å². The molecule has 14 N–H and O–H groups in total. The summed E-state index contributed by atoms with van der Waals surface area (Å²) in [5.41, 5.74) is 17.7. The van der Waals surface area contributed by atoms with E-state index in [4.69, 9.17) is 21.9 Å². The van der Waals surface area contributed by atoms with E-state index >= 15 is 0 Å². The number of hydrogen-bond acceptors (Lipinski definition) is 13. The molecule has 1 saturated heterocycles. The number of carbonyl (C=O) groups excluding carboxylic acids is 8. The summed E-state index contributed by atoms with van der Waals surface area (Å²) in [6.07, 6.45) is 12.1. The fourth-order valence-corrected chi connectivity index (χ4v) is 11.7. The van der Waals surface area contributed by atoms with Crippen LogP contribution in [-0.2, 0) is 33.6 Å². The predicted octanol–water partition coefficient (Wildman–Crippen LogP) is 0.403. The number of rotatable bonds is 28. The summed E-state index contributed by atoms with van der Waals surface area (Å²) in [4.78, 5) is 108. The van der Waals surface area contributed by atoms with E-state index in [0.717, 1.165) is 44.9 Å². The number of Topliss-reactive ketones (excluding diaryl/α,β-unsaturated/α-hetero) is 1. The van der Waals surface area contributed by atoms with E-state index in [9.17, 15) is 38.4 Å². The summed E-state index contributed by atoms with van der Waals surface area (Å²) in [7, 11) is 1.57. The van der Waals surface area contributed by atoms with Gasteiger partial charge in [0.2, 0.25) is 41.4 Å². The first-order valence-electron chi connectivity index (χ1n) is 26.9. The van der Waals surface area contributed by atoms with Crippen LogP contribution in [0.2, 0.25) is 0 Å². The molecule has 72 heavy (non-hydrogen) atoms. The van der Waals surface area contributed by atoms with Crippen molar-refractivity contribution in [1.82, 2.24) is 42.5 Å². The largest absolute Gasteiger partial charge is 0.497 e. The summed E-state index contributed by atoms with van der Waals surface area (Å²) in [6.45, 7) is 2.04. The first kappa shape index (κ1) is 56.1. The van der Waals surface area contributed by atoms with Crippen LogP contribution in [-0.4, -0.2) is 130 Å². The maximum Gasteiger partial charge on any atom is 0.226 e. The van der Waals surface area contributed by atoms with Gasteiger partial charge in [0.05, 0.1) is 61.1 Å². The van der Waals surface area contributed by atoms with E-state index in [-0.39, 0.29) is 78.9 Å². The number of methoxy groups -OCH3 is 1. The van der Waals surface area contributed by atoms with Crippen molar-refractivity contribution in [1.29, 1.82) is 0 Å². The van der Waals surface area contributed by atoms with Gasteiger partial charge in [-0.15, -0.1) is 0 Å². The van der Waals surface area contributed by atoms with Crippen LogP contribution >= 0.6 is 0 Å². The number of primary amides is 1. The van der Waals surface area contributed by atoms with Gasteiger partial charge in [-0.1, -0.05) is 38.5 Å². The molecule has 1 heterocycles. The minimum Gasteiger partial charge on any atom is -0.497 e. The standard InChI is InChI=1S/C52H83N11O9/c1-72-34-22-20-31(21-23-34)45(64)30-57-40-16-7-13-36(40)49(68)58-26-33(11-3-5-25-54)48(67)61-43-19-9-15-38(43)51(70)63-44-29-56-28-39(44)52(71)62-42-18-8-14-37(42)50(69)59-27-32(10-2-4-24-53)47(66)60-41-17-6-12-35(41)46(55)65/h20-23,32-33,35-44,56-57H,2-19,24-30,53-54H2,1H3,(H2,55,65)(H,58,68)(H,59,69)(H,60,66)(H,61,67)(H,62,71)(H,63,70). The average Bonchev–Trinajstić information content (AvgIpc) is 4.25. The van der Waals surface area contributed by atoms with E-state index in [1.54, 1.807) is 31.4 Å². The Morgan fingerprint density at radius 2 is 1.01 bits per heavy atom. The number of unbranched alkanes of at least 4 members (excludes halogenated alkanes) is 2. The molecule has 1 aromatic carbocycles. The molecular weight excluding hydrogens is 923 g/mol. The number of nitrogens with one attached hydrogen (secondary N) is 8. The summed E-state index contributed by atoms with van der Waals surface area (Å²) in [5, 5.41) is 25.0. The van der Waals surface area contributed by atoms with Crippen LogP contribution in [0.1, 0.15) is 126 Å². The van der Waals surface area contributed by atoms with E-state index in [1.165, 1.54) is 0 Å². The maximum atomic E-state index is 14.0. The van der Waals surface area contributed by atoms with Crippen LogP contribution < -0.4 is 64.5 Å². The first-order chi connectivity index (χ1) is 34.8. The molecule has 0 aromatic heterocycles. The second kappa shape index (κ2) is 28.3. The molecular formula is C52H83N11O9. The predicted molar refractivity (Wildman–Crippen MR) is 271 cm³/mol. The van der Waals surface area contributed by atoms with Crippen LogP contribution in [0.4, 0.5) is 0 Å². The van der Waals surface area contributed by atoms with Gasteiger partial charge in [-0.2, -0.15) is 0 Å². The third kappa shape index (κ3) is 15.7. The highest BCUT2D eigenvalue weighted by atomic mass is 16.5. The molecule has 20 nitrogen and oxygen atoms in total. The smallest absolute Gasteiger partial charge is 0.226 e. The molecule has 400 valence electrons. The molecule has 0 spiro atoms. The Labute approximate surface area is 424 Å². The number of nitrogens with two attached hydrogens (primary N) is 3. The van der Waals surface area contributed by atoms with Crippen molar-refractivity contribution in [2.24, 2.45) is 58.6 Å². The maximum absolute atomic E-state index is 14.0. The molecule has 0 bridgehead atoms. The van der Waals surface area contributed by atoms with Crippen molar-refractivity contribution in [2.75, 3.05) is 52.9 Å². The highest BCUT2D eigenvalue weighted by molar-refractivity contribution is 5.97. The first-order valence-corrected chi connectivity index (χ1v) is 26.9. The number of hydrogen-bond donors (Lipinski definition) is 11. The van der Waals surface area contributed by atoms with Crippen molar-refractivity contribution < 1.29 is 43.1 Å². The lowest BCUT2D eigenvalue weighted by molar-refractivity contribution is -0.131. The van der Waals surface area contributed by atoms with Crippen LogP contribution in [0, 0.1) is 41.4 Å².